The van der Waals surface area contributed by atoms with Gasteiger partial charge in [-0.25, -0.2) is 0 Å². The van der Waals surface area contributed by atoms with Gasteiger partial charge < -0.3 is 14.5 Å². The van der Waals surface area contributed by atoms with E-state index in [9.17, 15) is 0 Å². The molecule has 2 rings (SSSR count). The summed E-state index contributed by atoms with van der Waals surface area (Å²) in [6, 6.07) is 8.36. The van der Waals surface area contributed by atoms with Gasteiger partial charge in [0.25, 0.3) is 0 Å². The Morgan fingerprint density at radius 1 is 1.30 bits per heavy atom. The summed E-state index contributed by atoms with van der Waals surface area (Å²) in [6.45, 7) is 5.08. The second kappa shape index (κ2) is 6.95. The van der Waals surface area contributed by atoms with Crippen LogP contribution in [0.2, 0.25) is 0 Å². The number of rotatable bonds is 6. The SMILES string of the molecule is CCCNC(c1coc(C)c1)c1ccc(OC)c(Br)c1. The van der Waals surface area contributed by atoms with Gasteiger partial charge in [-0.1, -0.05) is 13.0 Å². The first kappa shape index (κ1) is 15.1. The van der Waals surface area contributed by atoms with Gasteiger partial charge in [0, 0.05) is 5.56 Å². The lowest BCUT2D eigenvalue weighted by Crippen LogP contribution is -2.22. The van der Waals surface area contributed by atoms with Crippen LogP contribution in [-0.4, -0.2) is 13.7 Å². The Kier molecular flexibility index (Phi) is 5.26. The highest BCUT2D eigenvalue weighted by molar-refractivity contribution is 9.10. The molecule has 0 saturated heterocycles. The highest BCUT2D eigenvalue weighted by atomic mass is 79.9. The smallest absolute Gasteiger partial charge is 0.133 e. The Labute approximate surface area is 128 Å². The van der Waals surface area contributed by atoms with Crippen LogP contribution in [0, 0.1) is 6.92 Å². The van der Waals surface area contributed by atoms with Crippen molar-refractivity contribution >= 4 is 15.9 Å². The maximum Gasteiger partial charge on any atom is 0.133 e. The van der Waals surface area contributed by atoms with Gasteiger partial charge in [0.15, 0.2) is 0 Å². The third kappa shape index (κ3) is 3.44. The summed E-state index contributed by atoms with van der Waals surface area (Å²) in [7, 11) is 1.67. The van der Waals surface area contributed by atoms with Crippen LogP contribution in [0.4, 0.5) is 0 Å². The molecular formula is C16H20BrNO2. The maximum atomic E-state index is 5.45. The third-order valence-electron chi connectivity index (χ3n) is 3.19. The van der Waals surface area contributed by atoms with Gasteiger partial charge in [-0.15, -0.1) is 0 Å². The van der Waals surface area contributed by atoms with Crippen molar-refractivity contribution in [2.45, 2.75) is 26.3 Å². The number of aryl methyl sites for hydroxylation is 1. The maximum absolute atomic E-state index is 5.45. The standard InChI is InChI=1S/C16H20BrNO2/c1-4-7-18-16(13-8-11(2)20-10-13)12-5-6-15(19-3)14(17)9-12/h5-6,8-10,16,18H,4,7H2,1-3H3. The third-order valence-corrected chi connectivity index (χ3v) is 3.81. The number of ether oxygens (including phenoxy) is 1. The topological polar surface area (TPSA) is 34.4 Å². The predicted octanol–water partition coefficient (Wildman–Crippen LogP) is 4.45. The second-order valence-electron chi connectivity index (χ2n) is 4.77. The van der Waals surface area contributed by atoms with Crippen molar-refractivity contribution in [3.8, 4) is 5.75 Å². The van der Waals surface area contributed by atoms with Crippen LogP contribution in [0.1, 0.15) is 36.3 Å². The molecule has 0 aliphatic rings. The summed E-state index contributed by atoms with van der Waals surface area (Å²) in [5.41, 5.74) is 2.33. The number of benzene rings is 1. The van der Waals surface area contributed by atoms with E-state index in [-0.39, 0.29) is 6.04 Å². The normalized spacial score (nSPS) is 12.4. The average molecular weight is 338 g/mol. The number of halogens is 1. The van der Waals surface area contributed by atoms with Crippen LogP contribution in [0.5, 0.6) is 5.75 Å². The summed E-state index contributed by atoms with van der Waals surface area (Å²) in [6.07, 6.45) is 2.91. The highest BCUT2D eigenvalue weighted by Crippen LogP contribution is 2.31. The summed E-state index contributed by atoms with van der Waals surface area (Å²) < 4.78 is 11.7. The summed E-state index contributed by atoms with van der Waals surface area (Å²) in [5.74, 6) is 1.77. The van der Waals surface area contributed by atoms with E-state index in [1.807, 2.05) is 19.3 Å². The van der Waals surface area contributed by atoms with Gasteiger partial charge >= 0.3 is 0 Å². The van der Waals surface area contributed by atoms with E-state index in [1.165, 1.54) is 5.56 Å². The lowest BCUT2D eigenvalue weighted by Gasteiger charge is -2.18. The molecule has 0 radical (unpaired) electrons. The fraction of sp³-hybridized carbons (Fsp3) is 0.375. The Morgan fingerprint density at radius 2 is 2.10 bits per heavy atom. The molecule has 0 spiro atoms. The Hall–Kier alpha value is -1.26. The zero-order valence-electron chi connectivity index (χ0n) is 12.1. The minimum absolute atomic E-state index is 0.134. The van der Waals surface area contributed by atoms with E-state index in [1.54, 1.807) is 7.11 Å². The summed E-state index contributed by atoms with van der Waals surface area (Å²) in [5, 5.41) is 3.56. The van der Waals surface area contributed by atoms with Crippen molar-refractivity contribution < 1.29 is 9.15 Å². The Morgan fingerprint density at radius 3 is 2.65 bits per heavy atom. The average Bonchev–Trinajstić information content (AvgIpc) is 2.86. The van der Waals surface area contributed by atoms with Crippen molar-refractivity contribution in [3.63, 3.8) is 0 Å². The first-order chi connectivity index (χ1) is 9.65. The number of hydrogen-bond acceptors (Lipinski definition) is 3. The zero-order chi connectivity index (χ0) is 14.5. The summed E-state index contributed by atoms with van der Waals surface area (Å²) in [4.78, 5) is 0. The first-order valence-corrected chi connectivity index (χ1v) is 7.56. The molecule has 1 unspecified atom stereocenters. The lowest BCUT2D eigenvalue weighted by atomic mass is 10.0. The molecular weight excluding hydrogens is 318 g/mol. The van der Waals surface area contributed by atoms with E-state index >= 15 is 0 Å². The van der Waals surface area contributed by atoms with Crippen molar-refractivity contribution in [1.29, 1.82) is 0 Å². The number of furan rings is 1. The van der Waals surface area contributed by atoms with Crippen molar-refractivity contribution in [2.75, 3.05) is 13.7 Å². The molecule has 0 fully saturated rings. The molecule has 0 amide bonds. The number of hydrogen-bond donors (Lipinski definition) is 1. The van der Waals surface area contributed by atoms with Gasteiger partial charge in [0.1, 0.15) is 11.5 Å². The summed E-state index contributed by atoms with van der Waals surface area (Å²) >= 11 is 3.55. The van der Waals surface area contributed by atoms with Crippen LogP contribution in [0.15, 0.2) is 39.4 Å². The Balaban J connectivity index is 2.33. The first-order valence-electron chi connectivity index (χ1n) is 6.77. The van der Waals surface area contributed by atoms with Crippen LogP contribution >= 0.6 is 15.9 Å². The Bertz CT molecular complexity index is 565. The minimum atomic E-state index is 0.134. The molecule has 1 atom stereocenters. The molecule has 0 saturated carbocycles. The molecule has 1 N–H and O–H groups in total. The molecule has 108 valence electrons. The zero-order valence-corrected chi connectivity index (χ0v) is 13.7. The van der Waals surface area contributed by atoms with E-state index in [0.717, 1.165) is 34.5 Å². The van der Waals surface area contributed by atoms with Crippen LogP contribution in [0.25, 0.3) is 0 Å². The van der Waals surface area contributed by atoms with Gasteiger partial charge in [-0.2, -0.15) is 0 Å². The van der Waals surface area contributed by atoms with Crippen LogP contribution in [-0.2, 0) is 0 Å². The molecule has 0 aliphatic carbocycles. The van der Waals surface area contributed by atoms with Crippen molar-refractivity contribution in [1.82, 2.24) is 5.32 Å². The number of nitrogens with one attached hydrogen (secondary N) is 1. The van der Waals surface area contributed by atoms with E-state index in [2.05, 4.69) is 46.4 Å². The molecule has 3 nitrogen and oxygen atoms in total. The largest absolute Gasteiger partial charge is 0.496 e. The van der Waals surface area contributed by atoms with Gasteiger partial charge in [-0.3, -0.25) is 0 Å². The van der Waals surface area contributed by atoms with Crippen LogP contribution < -0.4 is 10.1 Å². The minimum Gasteiger partial charge on any atom is -0.496 e. The predicted molar refractivity (Wildman–Crippen MR) is 84.3 cm³/mol. The van der Waals surface area contributed by atoms with E-state index < -0.39 is 0 Å². The fourth-order valence-corrected chi connectivity index (χ4v) is 2.75. The van der Waals surface area contributed by atoms with E-state index in [4.69, 9.17) is 9.15 Å². The van der Waals surface area contributed by atoms with Crippen LogP contribution in [0.3, 0.4) is 0 Å². The molecule has 1 aromatic carbocycles. The van der Waals surface area contributed by atoms with Gasteiger partial charge in [0.05, 0.1) is 23.9 Å². The fourth-order valence-electron chi connectivity index (χ4n) is 2.19. The number of methoxy groups -OCH3 is 1. The van der Waals surface area contributed by atoms with Crippen molar-refractivity contribution in [3.05, 3.63) is 51.9 Å². The van der Waals surface area contributed by atoms with Crippen molar-refractivity contribution in [2.24, 2.45) is 0 Å². The second-order valence-corrected chi connectivity index (χ2v) is 5.63. The molecule has 2 aromatic rings. The lowest BCUT2D eigenvalue weighted by molar-refractivity contribution is 0.411. The van der Waals surface area contributed by atoms with Gasteiger partial charge in [0.2, 0.25) is 0 Å². The molecule has 1 aromatic heterocycles. The molecule has 0 bridgehead atoms. The highest BCUT2D eigenvalue weighted by Gasteiger charge is 2.16. The molecule has 20 heavy (non-hydrogen) atoms. The monoisotopic (exact) mass is 337 g/mol. The molecule has 0 aliphatic heterocycles. The van der Waals surface area contributed by atoms with E-state index in [0.29, 0.717) is 0 Å². The molecule has 4 heteroatoms. The molecule has 1 heterocycles. The van der Waals surface area contributed by atoms with Gasteiger partial charge in [-0.05, 0) is 59.6 Å². The quantitative estimate of drug-likeness (QED) is 0.845.